The summed E-state index contributed by atoms with van der Waals surface area (Å²) in [5.41, 5.74) is 0.121. The number of nitrogens with zero attached hydrogens (tertiary/aromatic N) is 1. The van der Waals surface area contributed by atoms with Gasteiger partial charge < -0.3 is 19.7 Å². The van der Waals surface area contributed by atoms with Gasteiger partial charge in [-0.3, -0.25) is 4.79 Å². The number of rotatable bonds is 6. The largest absolute Gasteiger partial charge is 0.477 e. The van der Waals surface area contributed by atoms with E-state index in [1.807, 2.05) is 0 Å². The molecule has 1 aliphatic rings. The first-order valence-corrected chi connectivity index (χ1v) is 6.88. The number of carboxylic acid groups (broad SMARTS) is 1. The van der Waals surface area contributed by atoms with Crippen LogP contribution in [0.3, 0.4) is 0 Å². The third-order valence-corrected chi connectivity index (χ3v) is 3.67. The quantitative estimate of drug-likeness (QED) is 0.818. The summed E-state index contributed by atoms with van der Waals surface area (Å²) >= 11 is 0. The Balaban J connectivity index is 1.83. The second-order valence-corrected chi connectivity index (χ2v) is 5.00. The summed E-state index contributed by atoms with van der Waals surface area (Å²) in [6.07, 6.45) is 3.72. The van der Waals surface area contributed by atoms with E-state index >= 15 is 0 Å². The maximum absolute atomic E-state index is 11.9. The van der Waals surface area contributed by atoms with Crippen LogP contribution < -0.4 is 5.32 Å². The van der Waals surface area contributed by atoms with Gasteiger partial charge in [0.15, 0.2) is 0 Å². The van der Waals surface area contributed by atoms with E-state index in [1.165, 1.54) is 10.6 Å². The van der Waals surface area contributed by atoms with Crippen molar-refractivity contribution in [2.75, 3.05) is 13.2 Å². The van der Waals surface area contributed by atoms with Crippen molar-refractivity contribution in [3.63, 3.8) is 0 Å². The standard InChI is InChI=1S/C14H20N2O4/c1-2-12-10(5-7-20-12)8-15-13(17)9-16-6-3-4-11(16)14(18)19/h3-4,6,10,12H,2,5,7-9H2,1H3,(H,15,17)(H,18,19). The molecule has 20 heavy (non-hydrogen) atoms. The Hall–Kier alpha value is -1.82. The molecule has 2 rings (SSSR count). The van der Waals surface area contributed by atoms with Crippen LogP contribution in [-0.2, 0) is 16.1 Å². The van der Waals surface area contributed by atoms with Crippen LogP contribution in [0, 0.1) is 5.92 Å². The number of carbonyl (C=O) groups is 2. The van der Waals surface area contributed by atoms with Crippen LogP contribution in [0.2, 0.25) is 0 Å². The van der Waals surface area contributed by atoms with Gasteiger partial charge in [0, 0.05) is 25.3 Å². The number of carbonyl (C=O) groups excluding carboxylic acids is 1. The summed E-state index contributed by atoms with van der Waals surface area (Å²) in [6, 6.07) is 3.10. The molecule has 2 atom stereocenters. The van der Waals surface area contributed by atoms with E-state index in [4.69, 9.17) is 9.84 Å². The number of aromatic carboxylic acids is 1. The third-order valence-electron chi connectivity index (χ3n) is 3.67. The third kappa shape index (κ3) is 3.39. The molecule has 1 aromatic rings. The predicted octanol–water partition coefficient (Wildman–Crippen LogP) is 1.12. The fraction of sp³-hybridized carbons (Fsp3) is 0.571. The number of hydrogen-bond donors (Lipinski definition) is 2. The molecule has 0 radical (unpaired) electrons. The molecule has 1 fully saturated rings. The number of hydrogen-bond acceptors (Lipinski definition) is 3. The molecule has 2 heterocycles. The van der Waals surface area contributed by atoms with Crippen molar-refractivity contribution >= 4 is 11.9 Å². The van der Waals surface area contributed by atoms with Gasteiger partial charge >= 0.3 is 5.97 Å². The van der Waals surface area contributed by atoms with Crippen LogP contribution in [0.15, 0.2) is 18.3 Å². The molecule has 1 aliphatic heterocycles. The van der Waals surface area contributed by atoms with E-state index in [0.717, 1.165) is 19.4 Å². The van der Waals surface area contributed by atoms with Gasteiger partial charge in [-0.25, -0.2) is 4.79 Å². The first kappa shape index (κ1) is 14.6. The van der Waals surface area contributed by atoms with Gasteiger partial charge in [-0.15, -0.1) is 0 Å². The summed E-state index contributed by atoms with van der Waals surface area (Å²) in [6.45, 7) is 3.43. The Labute approximate surface area is 117 Å². The van der Waals surface area contributed by atoms with E-state index in [1.54, 1.807) is 12.3 Å². The van der Waals surface area contributed by atoms with Gasteiger partial charge in [-0.2, -0.15) is 0 Å². The molecule has 0 spiro atoms. The first-order chi connectivity index (χ1) is 9.61. The van der Waals surface area contributed by atoms with Crippen molar-refractivity contribution in [1.82, 2.24) is 9.88 Å². The Kier molecular flexibility index (Phi) is 4.79. The lowest BCUT2D eigenvalue weighted by molar-refractivity contribution is -0.121. The Morgan fingerprint density at radius 1 is 1.55 bits per heavy atom. The van der Waals surface area contributed by atoms with Gasteiger partial charge in [0.1, 0.15) is 12.2 Å². The highest BCUT2D eigenvalue weighted by molar-refractivity contribution is 5.86. The number of amides is 1. The van der Waals surface area contributed by atoms with Crippen LogP contribution in [0.25, 0.3) is 0 Å². The molecule has 6 nitrogen and oxygen atoms in total. The molecule has 2 N–H and O–H groups in total. The zero-order chi connectivity index (χ0) is 14.5. The minimum atomic E-state index is -1.03. The molecule has 0 saturated carbocycles. The average molecular weight is 280 g/mol. The van der Waals surface area contributed by atoms with Gasteiger partial charge in [0.2, 0.25) is 5.91 Å². The van der Waals surface area contributed by atoms with Gasteiger partial charge in [-0.05, 0) is 25.0 Å². The normalized spacial score (nSPS) is 21.9. The van der Waals surface area contributed by atoms with E-state index in [0.29, 0.717) is 12.5 Å². The first-order valence-electron chi connectivity index (χ1n) is 6.88. The molecule has 0 aliphatic carbocycles. The van der Waals surface area contributed by atoms with Crippen molar-refractivity contribution in [2.24, 2.45) is 5.92 Å². The monoisotopic (exact) mass is 280 g/mol. The van der Waals surface area contributed by atoms with Crippen LogP contribution in [0.5, 0.6) is 0 Å². The van der Waals surface area contributed by atoms with Crippen LogP contribution in [0.1, 0.15) is 30.3 Å². The maximum Gasteiger partial charge on any atom is 0.352 e. The molecular weight excluding hydrogens is 260 g/mol. The Morgan fingerprint density at radius 3 is 3.05 bits per heavy atom. The molecule has 0 aromatic carbocycles. The van der Waals surface area contributed by atoms with Gasteiger partial charge in [0.25, 0.3) is 0 Å². The van der Waals surface area contributed by atoms with Crippen molar-refractivity contribution in [3.05, 3.63) is 24.0 Å². The van der Waals surface area contributed by atoms with Crippen molar-refractivity contribution < 1.29 is 19.4 Å². The summed E-state index contributed by atoms with van der Waals surface area (Å²) in [7, 11) is 0. The number of ether oxygens (including phenoxy) is 1. The SMILES string of the molecule is CCC1OCCC1CNC(=O)Cn1cccc1C(=O)O. The molecule has 1 aromatic heterocycles. The van der Waals surface area contributed by atoms with E-state index in [2.05, 4.69) is 12.2 Å². The summed E-state index contributed by atoms with van der Waals surface area (Å²) in [5, 5.41) is 11.8. The smallest absolute Gasteiger partial charge is 0.352 e. The maximum atomic E-state index is 11.9. The summed E-state index contributed by atoms with van der Waals surface area (Å²) < 4.78 is 7.00. The topological polar surface area (TPSA) is 80.6 Å². The highest BCUT2D eigenvalue weighted by atomic mass is 16.5. The fourth-order valence-corrected chi connectivity index (χ4v) is 2.58. The van der Waals surface area contributed by atoms with E-state index in [-0.39, 0.29) is 24.2 Å². The van der Waals surface area contributed by atoms with Crippen molar-refractivity contribution in [2.45, 2.75) is 32.4 Å². The number of nitrogens with one attached hydrogen (secondary N) is 1. The molecule has 110 valence electrons. The lowest BCUT2D eigenvalue weighted by atomic mass is 10.00. The van der Waals surface area contributed by atoms with Gasteiger partial charge in [-0.1, -0.05) is 6.92 Å². The highest BCUT2D eigenvalue weighted by Gasteiger charge is 2.26. The Bertz CT molecular complexity index is 483. The molecule has 0 bridgehead atoms. The lowest BCUT2D eigenvalue weighted by Gasteiger charge is -2.17. The zero-order valence-electron chi connectivity index (χ0n) is 11.5. The van der Waals surface area contributed by atoms with Crippen molar-refractivity contribution in [1.29, 1.82) is 0 Å². The van der Waals surface area contributed by atoms with E-state index in [9.17, 15) is 9.59 Å². The van der Waals surface area contributed by atoms with Crippen LogP contribution >= 0.6 is 0 Å². The average Bonchev–Trinajstić information content (AvgIpc) is 3.04. The number of carboxylic acids is 1. The zero-order valence-corrected chi connectivity index (χ0v) is 11.5. The fourth-order valence-electron chi connectivity index (χ4n) is 2.58. The molecule has 1 saturated heterocycles. The predicted molar refractivity (Wildman–Crippen MR) is 72.5 cm³/mol. The number of aromatic nitrogens is 1. The Morgan fingerprint density at radius 2 is 2.35 bits per heavy atom. The van der Waals surface area contributed by atoms with Gasteiger partial charge in [0.05, 0.1) is 6.10 Å². The molecule has 1 amide bonds. The minimum Gasteiger partial charge on any atom is -0.477 e. The van der Waals surface area contributed by atoms with Crippen LogP contribution in [0.4, 0.5) is 0 Å². The second-order valence-electron chi connectivity index (χ2n) is 5.00. The lowest BCUT2D eigenvalue weighted by Crippen LogP contribution is -2.35. The molecule has 6 heteroatoms. The highest BCUT2D eigenvalue weighted by Crippen LogP contribution is 2.22. The summed E-state index contributed by atoms with van der Waals surface area (Å²) in [4.78, 5) is 22.8. The van der Waals surface area contributed by atoms with E-state index < -0.39 is 5.97 Å². The molecular formula is C14H20N2O4. The van der Waals surface area contributed by atoms with Crippen molar-refractivity contribution in [3.8, 4) is 0 Å². The second kappa shape index (κ2) is 6.56. The summed E-state index contributed by atoms with van der Waals surface area (Å²) in [5.74, 6) is -0.851. The minimum absolute atomic E-state index is 0.0268. The van der Waals surface area contributed by atoms with Crippen LogP contribution in [-0.4, -0.2) is 40.8 Å². The molecule has 2 unspecified atom stereocenters.